The number of rotatable bonds is 4. The molecule has 15 heavy (non-hydrogen) atoms. The van der Waals surface area contributed by atoms with Crippen LogP contribution in [0, 0.1) is 0 Å². The first-order valence-electron chi connectivity index (χ1n) is 4.32. The fraction of sp³-hybridized carbons (Fsp3) is 0.300. The molecule has 82 valence electrons. The SMILES string of the molecule is CNCC(=O)c1cccc(Cl)c1C(F)F. The van der Waals surface area contributed by atoms with E-state index in [0.717, 1.165) is 0 Å². The van der Waals surface area contributed by atoms with Crippen LogP contribution in [0.15, 0.2) is 18.2 Å². The highest BCUT2D eigenvalue weighted by Gasteiger charge is 2.20. The number of hydrogen-bond donors (Lipinski definition) is 1. The lowest BCUT2D eigenvalue weighted by atomic mass is 10.0. The van der Waals surface area contributed by atoms with Gasteiger partial charge in [-0.05, 0) is 13.1 Å². The molecule has 0 saturated heterocycles. The molecule has 0 fully saturated rings. The molecule has 0 saturated carbocycles. The Bertz CT molecular complexity index is 368. The molecule has 0 aliphatic rings. The summed E-state index contributed by atoms with van der Waals surface area (Å²) < 4.78 is 25.3. The molecule has 0 spiro atoms. The highest BCUT2D eigenvalue weighted by Crippen LogP contribution is 2.30. The van der Waals surface area contributed by atoms with Crippen LogP contribution in [0.5, 0.6) is 0 Å². The Kier molecular flexibility index (Phi) is 4.17. The summed E-state index contributed by atoms with van der Waals surface area (Å²) in [5.74, 6) is -0.393. The second-order valence-corrected chi connectivity index (χ2v) is 3.36. The van der Waals surface area contributed by atoms with Crippen molar-refractivity contribution in [2.45, 2.75) is 6.43 Å². The largest absolute Gasteiger partial charge is 0.313 e. The zero-order chi connectivity index (χ0) is 11.4. The van der Waals surface area contributed by atoms with Gasteiger partial charge < -0.3 is 5.32 Å². The molecular formula is C10H10ClF2NO. The van der Waals surface area contributed by atoms with Crippen molar-refractivity contribution in [3.8, 4) is 0 Å². The van der Waals surface area contributed by atoms with Gasteiger partial charge >= 0.3 is 0 Å². The first kappa shape index (κ1) is 12.1. The van der Waals surface area contributed by atoms with Crippen LogP contribution >= 0.6 is 11.6 Å². The third-order valence-electron chi connectivity index (χ3n) is 1.91. The number of halogens is 3. The van der Waals surface area contributed by atoms with Crippen LogP contribution in [-0.4, -0.2) is 19.4 Å². The van der Waals surface area contributed by atoms with E-state index in [1.165, 1.54) is 18.2 Å². The molecule has 1 aromatic rings. The Balaban J connectivity index is 3.17. The lowest BCUT2D eigenvalue weighted by Gasteiger charge is -2.09. The number of alkyl halides is 2. The van der Waals surface area contributed by atoms with Gasteiger partial charge in [0.05, 0.1) is 11.6 Å². The minimum Gasteiger partial charge on any atom is -0.313 e. The van der Waals surface area contributed by atoms with E-state index in [9.17, 15) is 13.6 Å². The summed E-state index contributed by atoms with van der Waals surface area (Å²) in [7, 11) is 1.57. The number of benzene rings is 1. The molecule has 0 amide bonds. The summed E-state index contributed by atoms with van der Waals surface area (Å²) in [5.41, 5.74) is -0.411. The summed E-state index contributed by atoms with van der Waals surface area (Å²) >= 11 is 5.62. The van der Waals surface area contributed by atoms with Crippen molar-refractivity contribution in [1.82, 2.24) is 5.32 Å². The van der Waals surface area contributed by atoms with Gasteiger partial charge in [-0.2, -0.15) is 0 Å². The van der Waals surface area contributed by atoms with E-state index in [-0.39, 0.29) is 22.7 Å². The summed E-state index contributed by atoms with van der Waals surface area (Å²) in [5, 5.41) is 2.54. The lowest BCUT2D eigenvalue weighted by molar-refractivity contribution is 0.0979. The number of ketones is 1. The highest BCUT2D eigenvalue weighted by molar-refractivity contribution is 6.32. The molecule has 0 atom stereocenters. The minimum absolute atomic E-state index is 0.0140. The van der Waals surface area contributed by atoms with Gasteiger partial charge in [0.25, 0.3) is 6.43 Å². The molecule has 0 bridgehead atoms. The van der Waals surface area contributed by atoms with Crippen molar-refractivity contribution < 1.29 is 13.6 Å². The molecule has 0 unspecified atom stereocenters. The molecule has 1 rings (SSSR count). The van der Waals surface area contributed by atoms with Crippen molar-refractivity contribution in [3.63, 3.8) is 0 Å². The van der Waals surface area contributed by atoms with Gasteiger partial charge in [0.1, 0.15) is 0 Å². The van der Waals surface area contributed by atoms with E-state index in [2.05, 4.69) is 5.32 Å². The molecule has 0 aliphatic heterocycles. The average Bonchev–Trinajstić information content (AvgIpc) is 2.17. The predicted molar refractivity (Wildman–Crippen MR) is 54.7 cm³/mol. The van der Waals surface area contributed by atoms with E-state index >= 15 is 0 Å². The van der Waals surface area contributed by atoms with Crippen LogP contribution in [0.2, 0.25) is 5.02 Å². The van der Waals surface area contributed by atoms with Crippen molar-refractivity contribution >= 4 is 17.4 Å². The first-order valence-corrected chi connectivity index (χ1v) is 4.70. The molecule has 1 N–H and O–H groups in total. The Morgan fingerprint density at radius 3 is 2.73 bits per heavy atom. The van der Waals surface area contributed by atoms with Crippen LogP contribution < -0.4 is 5.32 Å². The quantitative estimate of drug-likeness (QED) is 0.811. The number of carbonyl (C=O) groups is 1. The second kappa shape index (κ2) is 5.19. The Morgan fingerprint density at radius 1 is 1.53 bits per heavy atom. The van der Waals surface area contributed by atoms with Gasteiger partial charge in [0.15, 0.2) is 5.78 Å². The molecular weight excluding hydrogens is 224 g/mol. The van der Waals surface area contributed by atoms with Gasteiger partial charge in [0.2, 0.25) is 0 Å². The van der Waals surface area contributed by atoms with E-state index in [4.69, 9.17) is 11.6 Å². The smallest absolute Gasteiger partial charge is 0.265 e. The number of nitrogens with one attached hydrogen (secondary N) is 1. The van der Waals surface area contributed by atoms with Crippen molar-refractivity contribution in [3.05, 3.63) is 34.3 Å². The van der Waals surface area contributed by atoms with Crippen molar-refractivity contribution in [1.29, 1.82) is 0 Å². The van der Waals surface area contributed by atoms with Gasteiger partial charge in [-0.15, -0.1) is 0 Å². The van der Waals surface area contributed by atoms with Crippen LogP contribution in [0.1, 0.15) is 22.3 Å². The maximum atomic E-state index is 12.6. The predicted octanol–water partition coefficient (Wildman–Crippen LogP) is 2.68. The zero-order valence-electron chi connectivity index (χ0n) is 8.06. The van der Waals surface area contributed by atoms with E-state index in [0.29, 0.717) is 0 Å². The molecule has 5 heteroatoms. The molecule has 0 aromatic heterocycles. The number of likely N-dealkylation sites (N-methyl/N-ethyl adjacent to an activating group) is 1. The van der Waals surface area contributed by atoms with Crippen molar-refractivity contribution in [2.24, 2.45) is 0 Å². The summed E-state index contributed by atoms with van der Waals surface area (Å²) in [6.07, 6.45) is -2.74. The van der Waals surface area contributed by atoms with E-state index in [1.54, 1.807) is 7.05 Å². The van der Waals surface area contributed by atoms with Crippen LogP contribution in [0.25, 0.3) is 0 Å². The topological polar surface area (TPSA) is 29.1 Å². The molecule has 1 aromatic carbocycles. The summed E-state index contributed by atoms with van der Waals surface area (Å²) in [6.45, 7) is 0.0140. The third-order valence-corrected chi connectivity index (χ3v) is 2.24. The van der Waals surface area contributed by atoms with Gasteiger partial charge in [-0.25, -0.2) is 8.78 Å². The summed E-state index contributed by atoms with van der Waals surface area (Å²) in [4.78, 5) is 11.5. The Hall–Kier alpha value is -1.00. The van der Waals surface area contributed by atoms with Crippen LogP contribution in [-0.2, 0) is 0 Å². The second-order valence-electron chi connectivity index (χ2n) is 2.96. The number of carbonyl (C=O) groups excluding carboxylic acids is 1. The third kappa shape index (κ3) is 2.73. The molecule has 2 nitrogen and oxygen atoms in total. The molecule has 0 radical (unpaired) electrons. The fourth-order valence-electron chi connectivity index (χ4n) is 1.26. The Morgan fingerprint density at radius 2 is 2.20 bits per heavy atom. The van der Waals surface area contributed by atoms with E-state index < -0.39 is 12.2 Å². The number of hydrogen-bond acceptors (Lipinski definition) is 2. The maximum Gasteiger partial charge on any atom is 0.265 e. The molecule has 0 heterocycles. The fourth-order valence-corrected chi connectivity index (χ4v) is 1.51. The van der Waals surface area contributed by atoms with Gasteiger partial charge in [-0.3, -0.25) is 4.79 Å². The minimum atomic E-state index is -2.74. The maximum absolute atomic E-state index is 12.6. The first-order chi connectivity index (χ1) is 7.07. The average molecular weight is 234 g/mol. The Labute approximate surface area is 91.2 Å². The van der Waals surface area contributed by atoms with Crippen molar-refractivity contribution in [2.75, 3.05) is 13.6 Å². The lowest BCUT2D eigenvalue weighted by Crippen LogP contribution is -2.20. The highest BCUT2D eigenvalue weighted by atomic mass is 35.5. The monoisotopic (exact) mass is 233 g/mol. The standard InChI is InChI=1S/C10H10ClF2NO/c1-14-5-8(15)6-3-2-4-7(11)9(6)10(12)13/h2-4,10,14H,5H2,1H3. The summed E-state index contributed by atoms with van der Waals surface area (Å²) in [6, 6.07) is 4.18. The number of Topliss-reactive ketones (excluding diaryl/α,β-unsaturated/α-hetero) is 1. The van der Waals surface area contributed by atoms with Gasteiger partial charge in [-0.1, -0.05) is 23.7 Å². The zero-order valence-corrected chi connectivity index (χ0v) is 8.81. The van der Waals surface area contributed by atoms with Gasteiger partial charge in [0, 0.05) is 11.1 Å². The van der Waals surface area contributed by atoms with Crippen LogP contribution in [0.4, 0.5) is 8.78 Å². The molecule has 0 aliphatic carbocycles. The van der Waals surface area contributed by atoms with Crippen LogP contribution in [0.3, 0.4) is 0 Å². The normalized spacial score (nSPS) is 10.7. The van der Waals surface area contributed by atoms with E-state index in [1.807, 2.05) is 0 Å².